The van der Waals surface area contributed by atoms with Gasteiger partial charge in [-0.1, -0.05) is 6.92 Å². The smallest absolute Gasteiger partial charge is 0.326 e. The molecule has 0 aliphatic heterocycles. The van der Waals surface area contributed by atoms with Gasteiger partial charge in [-0.2, -0.15) is 0 Å². The van der Waals surface area contributed by atoms with E-state index in [9.17, 15) is 13.6 Å². The Bertz CT molecular complexity index is 291. The molecule has 1 unspecified atom stereocenters. The predicted molar refractivity (Wildman–Crippen MR) is 80.7 cm³/mol. The quantitative estimate of drug-likeness (QED) is 0.444. The van der Waals surface area contributed by atoms with E-state index in [-0.39, 0.29) is 12.5 Å². The van der Waals surface area contributed by atoms with Crippen LogP contribution >= 0.6 is 0 Å². The summed E-state index contributed by atoms with van der Waals surface area (Å²) in [4.78, 5) is 13.7. The van der Waals surface area contributed by atoms with E-state index < -0.39 is 12.0 Å². The lowest BCUT2D eigenvalue weighted by molar-refractivity contribution is -0.150. The van der Waals surface area contributed by atoms with Gasteiger partial charge in [0.25, 0.3) is 6.43 Å². The van der Waals surface area contributed by atoms with Crippen molar-refractivity contribution in [1.82, 2.24) is 10.2 Å². The molecule has 0 spiro atoms. The molecule has 1 atom stereocenters. The molecule has 4 nitrogen and oxygen atoms in total. The zero-order valence-electron chi connectivity index (χ0n) is 13.8. The molecule has 0 aromatic rings. The summed E-state index contributed by atoms with van der Waals surface area (Å²) in [5.41, 5.74) is -0.687. The number of ether oxygens (including phenoxy) is 1. The van der Waals surface area contributed by atoms with E-state index >= 15 is 0 Å². The summed E-state index contributed by atoms with van der Waals surface area (Å²) < 4.78 is 29.5. The summed E-state index contributed by atoms with van der Waals surface area (Å²) >= 11 is 0. The first-order valence-corrected chi connectivity index (χ1v) is 7.74. The zero-order chi connectivity index (χ0) is 16.3. The van der Waals surface area contributed by atoms with Gasteiger partial charge in [0.15, 0.2) is 0 Å². The molecule has 0 aliphatic rings. The molecule has 0 saturated carbocycles. The number of hydrogen-bond donors (Lipinski definition) is 1. The number of halogens is 2. The van der Waals surface area contributed by atoms with Crippen LogP contribution in [0.4, 0.5) is 8.78 Å². The van der Waals surface area contributed by atoms with Crippen molar-refractivity contribution in [2.45, 2.75) is 58.4 Å². The van der Waals surface area contributed by atoms with Crippen LogP contribution in [0.25, 0.3) is 0 Å². The fourth-order valence-electron chi connectivity index (χ4n) is 2.14. The van der Waals surface area contributed by atoms with Crippen molar-refractivity contribution in [3.8, 4) is 0 Å². The van der Waals surface area contributed by atoms with Gasteiger partial charge in [-0.15, -0.1) is 0 Å². The Labute approximate surface area is 127 Å². The topological polar surface area (TPSA) is 41.6 Å². The molecule has 6 heteroatoms. The highest BCUT2D eigenvalue weighted by Gasteiger charge is 2.33. The van der Waals surface area contributed by atoms with E-state index in [1.54, 1.807) is 18.9 Å². The molecule has 0 amide bonds. The minimum Gasteiger partial charge on any atom is -0.465 e. The average Bonchev–Trinajstić information content (AvgIpc) is 2.41. The number of esters is 1. The molecule has 126 valence electrons. The monoisotopic (exact) mass is 308 g/mol. The summed E-state index contributed by atoms with van der Waals surface area (Å²) in [7, 11) is 1.69. The summed E-state index contributed by atoms with van der Waals surface area (Å²) in [6.07, 6.45) is 0.859. The molecule has 0 heterocycles. The number of nitrogens with one attached hydrogen (secondary N) is 1. The van der Waals surface area contributed by atoms with Gasteiger partial charge in [-0.3, -0.25) is 4.79 Å². The summed E-state index contributed by atoms with van der Waals surface area (Å²) in [6, 6.07) is 0. The van der Waals surface area contributed by atoms with Gasteiger partial charge < -0.3 is 15.0 Å². The fourth-order valence-corrected chi connectivity index (χ4v) is 2.14. The van der Waals surface area contributed by atoms with Crippen LogP contribution in [-0.4, -0.2) is 56.1 Å². The molecule has 21 heavy (non-hydrogen) atoms. The van der Waals surface area contributed by atoms with E-state index in [4.69, 9.17) is 4.74 Å². The predicted octanol–water partition coefficient (Wildman–Crippen LogP) is 2.68. The molecule has 1 N–H and O–H groups in total. The van der Waals surface area contributed by atoms with E-state index in [0.29, 0.717) is 19.6 Å². The highest BCUT2D eigenvalue weighted by molar-refractivity contribution is 5.80. The molecule has 0 aliphatic carbocycles. The maximum absolute atomic E-state index is 12.2. The first-order chi connectivity index (χ1) is 9.85. The summed E-state index contributed by atoms with van der Waals surface area (Å²) in [5, 5.41) is 3.24. The lowest BCUT2D eigenvalue weighted by Crippen LogP contribution is -2.50. The Kier molecular flexibility index (Phi) is 10.5. The van der Waals surface area contributed by atoms with Crippen molar-refractivity contribution in [3.05, 3.63) is 0 Å². The van der Waals surface area contributed by atoms with Crippen LogP contribution in [0.15, 0.2) is 0 Å². The third kappa shape index (κ3) is 8.98. The first kappa shape index (κ1) is 20.2. The lowest BCUT2D eigenvalue weighted by Gasteiger charge is -2.29. The van der Waals surface area contributed by atoms with Crippen LogP contribution in [0.1, 0.15) is 46.5 Å². The van der Waals surface area contributed by atoms with Gasteiger partial charge in [0, 0.05) is 0 Å². The van der Waals surface area contributed by atoms with Crippen molar-refractivity contribution in [2.24, 2.45) is 0 Å². The van der Waals surface area contributed by atoms with E-state index in [2.05, 4.69) is 5.32 Å². The highest BCUT2D eigenvalue weighted by atomic mass is 19.3. The van der Waals surface area contributed by atoms with E-state index in [1.807, 2.05) is 13.8 Å². The second-order valence-corrected chi connectivity index (χ2v) is 5.59. The Hall–Kier alpha value is -0.750. The van der Waals surface area contributed by atoms with Gasteiger partial charge in [0.2, 0.25) is 0 Å². The van der Waals surface area contributed by atoms with Crippen molar-refractivity contribution < 1.29 is 18.3 Å². The van der Waals surface area contributed by atoms with Crippen molar-refractivity contribution in [2.75, 3.05) is 33.3 Å². The lowest BCUT2D eigenvalue weighted by atomic mass is 9.94. The third-order valence-electron chi connectivity index (χ3n) is 3.41. The number of rotatable bonds is 12. The average molecular weight is 308 g/mol. The van der Waals surface area contributed by atoms with Crippen LogP contribution < -0.4 is 5.32 Å². The number of alkyl halides is 2. The van der Waals surface area contributed by atoms with Gasteiger partial charge in [0.1, 0.15) is 5.54 Å². The highest BCUT2D eigenvalue weighted by Crippen LogP contribution is 2.16. The van der Waals surface area contributed by atoms with E-state index in [0.717, 1.165) is 25.8 Å². The summed E-state index contributed by atoms with van der Waals surface area (Å²) in [5.74, 6) is -0.237. The minimum atomic E-state index is -2.30. The molecule has 0 aromatic carbocycles. The fraction of sp³-hybridized carbons (Fsp3) is 0.933. The molecule has 0 aromatic heterocycles. The van der Waals surface area contributed by atoms with Crippen LogP contribution in [0.3, 0.4) is 0 Å². The van der Waals surface area contributed by atoms with Crippen molar-refractivity contribution >= 4 is 5.97 Å². The third-order valence-corrected chi connectivity index (χ3v) is 3.41. The number of nitrogens with zero attached hydrogens (tertiary/aromatic N) is 1. The molecule has 0 saturated heterocycles. The molecule has 0 bridgehead atoms. The second-order valence-electron chi connectivity index (χ2n) is 5.59. The molecule has 0 radical (unpaired) electrons. The van der Waals surface area contributed by atoms with Gasteiger partial charge in [0.05, 0.1) is 13.2 Å². The number of hydrogen-bond acceptors (Lipinski definition) is 4. The summed E-state index contributed by atoms with van der Waals surface area (Å²) in [6.45, 7) is 7.19. The molecular formula is C15H30F2N2O2. The Balaban J connectivity index is 4.20. The van der Waals surface area contributed by atoms with Crippen LogP contribution in [0, 0.1) is 0 Å². The van der Waals surface area contributed by atoms with Gasteiger partial charge >= 0.3 is 5.97 Å². The van der Waals surface area contributed by atoms with Crippen molar-refractivity contribution in [1.29, 1.82) is 0 Å². The number of carbonyl (C=O) groups excluding carboxylic acids is 1. The standard InChI is InChI=1S/C15H30F2N2O2/c1-5-10-18-15(3,14(20)21-6-2)9-7-8-11-19(4)12-13(16)17/h13,18H,5-12H2,1-4H3. The molecular weight excluding hydrogens is 278 g/mol. The Morgan fingerprint density at radius 2 is 2.00 bits per heavy atom. The minimum absolute atomic E-state index is 0.205. The second kappa shape index (κ2) is 10.9. The van der Waals surface area contributed by atoms with Gasteiger partial charge in [-0.25, -0.2) is 8.78 Å². The Morgan fingerprint density at radius 3 is 2.52 bits per heavy atom. The molecule has 0 fully saturated rings. The number of unbranched alkanes of at least 4 members (excludes halogenated alkanes) is 1. The SMILES string of the molecule is CCCNC(C)(CCCCN(C)CC(F)F)C(=O)OCC. The molecule has 0 rings (SSSR count). The van der Waals surface area contributed by atoms with Crippen LogP contribution in [-0.2, 0) is 9.53 Å². The van der Waals surface area contributed by atoms with Crippen LogP contribution in [0.5, 0.6) is 0 Å². The number of carbonyl (C=O) groups is 1. The largest absolute Gasteiger partial charge is 0.465 e. The van der Waals surface area contributed by atoms with Crippen molar-refractivity contribution in [3.63, 3.8) is 0 Å². The maximum Gasteiger partial charge on any atom is 0.326 e. The zero-order valence-corrected chi connectivity index (χ0v) is 13.8. The maximum atomic E-state index is 12.2. The van der Waals surface area contributed by atoms with Gasteiger partial charge in [-0.05, 0) is 59.7 Å². The first-order valence-electron chi connectivity index (χ1n) is 7.74. The van der Waals surface area contributed by atoms with Crippen LogP contribution in [0.2, 0.25) is 0 Å². The normalized spacial score (nSPS) is 14.5. The van der Waals surface area contributed by atoms with E-state index in [1.165, 1.54) is 0 Å². The Morgan fingerprint density at radius 1 is 1.33 bits per heavy atom.